The van der Waals surface area contributed by atoms with Gasteiger partial charge in [-0.1, -0.05) is 29.8 Å². The lowest BCUT2D eigenvalue weighted by Gasteiger charge is -2.17. The second kappa shape index (κ2) is 9.94. The molecule has 0 aromatic heterocycles. The van der Waals surface area contributed by atoms with Gasteiger partial charge in [-0.05, 0) is 55.0 Å². The summed E-state index contributed by atoms with van der Waals surface area (Å²) >= 11 is 5.84. The Morgan fingerprint density at radius 3 is 1.84 bits per heavy atom. The molecule has 0 spiro atoms. The van der Waals surface area contributed by atoms with E-state index in [-0.39, 0.29) is 10.6 Å². The second-order valence-electron chi connectivity index (χ2n) is 7.51. The van der Waals surface area contributed by atoms with Gasteiger partial charge in [-0.25, -0.2) is 38.8 Å². The molecule has 0 bridgehead atoms. The summed E-state index contributed by atoms with van der Waals surface area (Å²) in [7, 11) is -15.5. The van der Waals surface area contributed by atoms with Gasteiger partial charge in [0, 0.05) is 11.1 Å². The number of hydrogen-bond acceptors (Lipinski definition) is 6. The molecule has 3 rings (SSSR count). The highest BCUT2D eigenvalue weighted by molar-refractivity contribution is 7.94. The Kier molecular flexibility index (Phi) is 7.79. The molecule has 0 amide bonds. The van der Waals surface area contributed by atoms with Gasteiger partial charge in [-0.3, -0.25) is 0 Å². The maximum atomic E-state index is 14.3. The minimum Gasteiger partial charge on any atom is -0.218 e. The van der Waals surface area contributed by atoms with E-state index in [4.69, 9.17) is 11.6 Å². The van der Waals surface area contributed by atoms with E-state index in [0.29, 0.717) is 18.2 Å². The molecule has 3 aromatic carbocycles. The molecule has 0 saturated heterocycles. The molecule has 7 nitrogen and oxygen atoms in total. The highest BCUT2D eigenvalue weighted by atomic mass is 35.5. The summed E-state index contributed by atoms with van der Waals surface area (Å²) in [6, 6.07) is 7.21. The van der Waals surface area contributed by atoms with E-state index in [1.165, 1.54) is 4.72 Å². The van der Waals surface area contributed by atoms with Gasteiger partial charge < -0.3 is 0 Å². The smallest absolute Gasteiger partial charge is 0.218 e. The number of rotatable bonds is 7. The third kappa shape index (κ3) is 5.65. The lowest BCUT2D eigenvalue weighted by atomic mass is 10.1. The van der Waals surface area contributed by atoms with Crippen molar-refractivity contribution in [1.29, 1.82) is 0 Å². The molecular formula is C21H15ClF5NO6S3. The van der Waals surface area contributed by atoms with E-state index < -0.39 is 72.5 Å². The van der Waals surface area contributed by atoms with Crippen LogP contribution in [0.1, 0.15) is 18.5 Å². The van der Waals surface area contributed by atoms with Crippen LogP contribution in [0, 0.1) is 11.6 Å². The minimum atomic E-state index is -5.69. The van der Waals surface area contributed by atoms with Crippen LogP contribution in [0.25, 0.3) is 0 Å². The van der Waals surface area contributed by atoms with Gasteiger partial charge in [-0.15, -0.1) is 0 Å². The normalized spacial score (nSPS) is 13.9. The average Bonchev–Trinajstić information content (AvgIpc) is 2.77. The van der Waals surface area contributed by atoms with Crippen molar-refractivity contribution in [3.05, 3.63) is 82.9 Å². The average molecular weight is 604 g/mol. The molecule has 0 fully saturated rings. The Morgan fingerprint density at radius 2 is 1.32 bits per heavy atom. The molecule has 37 heavy (non-hydrogen) atoms. The van der Waals surface area contributed by atoms with Crippen LogP contribution < -0.4 is 4.72 Å². The summed E-state index contributed by atoms with van der Waals surface area (Å²) < 4.78 is 143. The summed E-state index contributed by atoms with van der Waals surface area (Å²) in [6.07, 6.45) is 0. The lowest BCUT2D eigenvalue weighted by Crippen LogP contribution is -2.37. The quantitative estimate of drug-likeness (QED) is 0.389. The van der Waals surface area contributed by atoms with Crippen molar-refractivity contribution in [3.63, 3.8) is 0 Å². The van der Waals surface area contributed by atoms with Gasteiger partial charge >= 0.3 is 15.5 Å². The van der Waals surface area contributed by atoms with Crippen LogP contribution in [0.4, 0.5) is 22.0 Å². The van der Waals surface area contributed by atoms with E-state index in [1.54, 1.807) is 0 Å². The molecular weight excluding hydrogens is 589 g/mol. The van der Waals surface area contributed by atoms with Crippen molar-refractivity contribution in [2.24, 2.45) is 0 Å². The Balaban J connectivity index is 2.08. The van der Waals surface area contributed by atoms with Crippen LogP contribution >= 0.6 is 11.6 Å². The summed E-state index contributed by atoms with van der Waals surface area (Å²) in [5.74, 6) is -2.94. The predicted octanol–water partition coefficient (Wildman–Crippen LogP) is 4.78. The molecule has 0 aliphatic carbocycles. The van der Waals surface area contributed by atoms with Crippen LogP contribution in [-0.2, 0) is 29.7 Å². The van der Waals surface area contributed by atoms with Crippen LogP contribution in [0.15, 0.2) is 80.2 Å². The van der Waals surface area contributed by atoms with Crippen LogP contribution in [-0.4, -0.2) is 30.8 Å². The summed E-state index contributed by atoms with van der Waals surface area (Å²) in [5, 5.41) is -0.254. The Bertz CT molecular complexity index is 1650. The molecule has 0 heterocycles. The van der Waals surface area contributed by atoms with Gasteiger partial charge in [0.25, 0.3) is 0 Å². The lowest BCUT2D eigenvalue weighted by molar-refractivity contribution is -0.0450. The highest BCUT2D eigenvalue weighted by Gasteiger charge is 2.46. The number of alkyl halides is 3. The Labute approximate surface area is 213 Å². The summed E-state index contributed by atoms with van der Waals surface area (Å²) in [6.45, 7) is 1.08. The van der Waals surface area contributed by atoms with E-state index in [1.807, 2.05) is 0 Å². The predicted molar refractivity (Wildman–Crippen MR) is 122 cm³/mol. The molecule has 0 saturated carbocycles. The Hall–Kier alpha value is -2.59. The monoisotopic (exact) mass is 603 g/mol. The van der Waals surface area contributed by atoms with Crippen molar-refractivity contribution in [2.75, 3.05) is 0 Å². The van der Waals surface area contributed by atoms with E-state index in [2.05, 4.69) is 0 Å². The van der Waals surface area contributed by atoms with Gasteiger partial charge in [0.2, 0.25) is 19.7 Å². The zero-order valence-corrected chi connectivity index (χ0v) is 21.5. The third-order valence-electron chi connectivity index (χ3n) is 5.00. The van der Waals surface area contributed by atoms with Gasteiger partial charge in [0.15, 0.2) is 0 Å². The van der Waals surface area contributed by atoms with Gasteiger partial charge in [0.1, 0.15) is 16.5 Å². The van der Waals surface area contributed by atoms with Crippen molar-refractivity contribution < 1.29 is 47.2 Å². The number of sulfone groups is 2. The van der Waals surface area contributed by atoms with Gasteiger partial charge in [-0.2, -0.15) is 13.2 Å². The molecule has 0 unspecified atom stereocenters. The first-order chi connectivity index (χ1) is 16.9. The summed E-state index contributed by atoms with van der Waals surface area (Å²) in [4.78, 5) is -3.83. The summed E-state index contributed by atoms with van der Waals surface area (Å²) in [5.41, 5.74) is -5.62. The van der Waals surface area contributed by atoms with Crippen molar-refractivity contribution in [1.82, 2.24) is 4.72 Å². The Morgan fingerprint density at radius 1 is 0.784 bits per heavy atom. The maximum absolute atomic E-state index is 14.3. The van der Waals surface area contributed by atoms with Crippen LogP contribution in [0.3, 0.4) is 0 Å². The molecule has 0 aliphatic rings. The van der Waals surface area contributed by atoms with Crippen LogP contribution in [0.5, 0.6) is 0 Å². The fourth-order valence-corrected chi connectivity index (χ4v) is 7.63. The first-order valence-electron chi connectivity index (χ1n) is 9.82. The van der Waals surface area contributed by atoms with E-state index in [0.717, 1.165) is 49.4 Å². The molecule has 200 valence electrons. The SMILES string of the molecule is C[C@H](NS(=O)(=O)C(F)(F)F)c1ccc(S(=O)(=O)c2ccc(Cl)cc2S(=O)(=O)c2c(F)cccc2F)cc1. The fourth-order valence-electron chi connectivity index (χ4n) is 3.19. The standard InChI is InChI=1S/C21H15ClF5NO6S3/c1-12(28-37(33,34)21(25,26)27)13-5-8-15(9-6-13)35(29,30)18-10-7-14(22)11-19(18)36(31,32)20-16(23)3-2-4-17(20)24/h2-12,28H,1H3/t12-/m0/s1. The first-order valence-corrected chi connectivity index (χ1v) is 14.6. The number of hydrogen-bond donors (Lipinski definition) is 1. The number of benzene rings is 3. The minimum absolute atomic E-state index is 0.0517. The third-order valence-corrected chi connectivity index (χ3v) is 10.3. The molecule has 1 atom stereocenters. The topological polar surface area (TPSA) is 114 Å². The second-order valence-corrected chi connectivity index (χ2v) is 13.4. The number of nitrogens with one attached hydrogen (secondary N) is 1. The first kappa shape index (κ1) is 29.0. The van der Waals surface area contributed by atoms with E-state index in [9.17, 15) is 47.2 Å². The number of sulfonamides is 1. The zero-order chi connectivity index (χ0) is 28.0. The van der Waals surface area contributed by atoms with Gasteiger partial charge in [0.05, 0.1) is 14.7 Å². The fraction of sp³-hybridized carbons (Fsp3) is 0.143. The molecule has 1 N–H and O–H groups in total. The zero-order valence-electron chi connectivity index (χ0n) is 18.3. The van der Waals surface area contributed by atoms with Crippen LogP contribution in [0.2, 0.25) is 5.02 Å². The van der Waals surface area contributed by atoms with Crippen molar-refractivity contribution >= 4 is 41.3 Å². The van der Waals surface area contributed by atoms with Crippen molar-refractivity contribution in [3.8, 4) is 0 Å². The molecule has 3 aromatic rings. The molecule has 16 heteroatoms. The molecule has 0 radical (unpaired) electrons. The van der Waals surface area contributed by atoms with Crippen molar-refractivity contribution in [2.45, 2.75) is 38.1 Å². The van der Waals surface area contributed by atoms with E-state index >= 15 is 0 Å². The largest absolute Gasteiger partial charge is 0.511 e. The maximum Gasteiger partial charge on any atom is 0.511 e. The number of halogens is 6. The molecule has 0 aliphatic heterocycles. The highest BCUT2D eigenvalue weighted by Crippen LogP contribution is 2.35.